The van der Waals surface area contributed by atoms with Crippen molar-refractivity contribution in [3.05, 3.63) is 12.7 Å². The monoisotopic (exact) mass is 267 g/mol. The van der Waals surface area contributed by atoms with E-state index in [1.807, 2.05) is 6.08 Å². The molecule has 0 spiro atoms. The van der Waals surface area contributed by atoms with E-state index < -0.39 is 0 Å². The van der Waals surface area contributed by atoms with Crippen molar-refractivity contribution in [3.8, 4) is 0 Å². The Morgan fingerprint density at radius 1 is 1.05 bits per heavy atom. The van der Waals surface area contributed by atoms with Crippen molar-refractivity contribution < 1.29 is 9.63 Å². The van der Waals surface area contributed by atoms with Gasteiger partial charge in [0.25, 0.3) is 0 Å². The first kappa shape index (κ1) is 16.2. The van der Waals surface area contributed by atoms with Gasteiger partial charge in [-0.3, -0.25) is 9.63 Å². The Balaban J connectivity index is 1.92. The Morgan fingerprint density at radius 3 is 2.58 bits per heavy atom. The van der Waals surface area contributed by atoms with Crippen molar-refractivity contribution in [2.75, 3.05) is 13.2 Å². The summed E-state index contributed by atoms with van der Waals surface area (Å²) >= 11 is 0. The minimum atomic E-state index is 0.168. The van der Waals surface area contributed by atoms with Crippen molar-refractivity contribution in [3.63, 3.8) is 0 Å². The molecule has 1 heterocycles. The first-order valence-corrected chi connectivity index (χ1v) is 7.89. The normalized spacial score (nSPS) is 16.4. The second-order valence-electron chi connectivity index (χ2n) is 5.34. The third kappa shape index (κ3) is 8.04. The summed E-state index contributed by atoms with van der Waals surface area (Å²) in [5, 5.41) is 1.59. The van der Waals surface area contributed by atoms with Gasteiger partial charge in [-0.15, -0.1) is 6.58 Å². The Bertz CT molecular complexity index is 253. The summed E-state index contributed by atoms with van der Waals surface area (Å²) in [6.45, 7) is 5.20. The number of allylic oxidation sites excluding steroid dienone is 1. The summed E-state index contributed by atoms with van der Waals surface area (Å²) in [6.07, 6.45) is 14.4. The molecule has 1 rings (SSSR count). The molecule has 1 saturated heterocycles. The third-order valence-corrected chi connectivity index (χ3v) is 3.58. The molecule has 1 aliphatic rings. The first-order chi connectivity index (χ1) is 9.34. The van der Waals surface area contributed by atoms with E-state index in [0.29, 0.717) is 13.0 Å². The van der Waals surface area contributed by atoms with Gasteiger partial charge in [0, 0.05) is 13.0 Å². The average Bonchev–Trinajstić information content (AvgIpc) is 2.62. The molecule has 0 unspecified atom stereocenters. The Hall–Kier alpha value is -0.830. The summed E-state index contributed by atoms with van der Waals surface area (Å²) < 4.78 is 0. The number of hydrogen-bond acceptors (Lipinski definition) is 2. The van der Waals surface area contributed by atoms with Gasteiger partial charge in [0.05, 0.1) is 6.61 Å². The zero-order chi connectivity index (χ0) is 13.8. The van der Waals surface area contributed by atoms with E-state index in [2.05, 4.69) is 6.58 Å². The Kier molecular flexibility index (Phi) is 9.42. The maximum Gasteiger partial charge on any atom is 0.246 e. The van der Waals surface area contributed by atoms with Crippen molar-refractivity contribution in [1.29, 1.82) is 0 Å². The number of hydroxylamine groups is 2. The SMILES string of the molecule is C=CCCCCCCCCON1CCCCCC1=O. The smallest absolute Gasteiger partial charge is 0.246 e. The molecular formula is C16H29NO2. The molecule has 0 radical (unpaired) electrons. The minimum Gasteiger partial charge on any atom is -0.273 e. The quantitative estimate of drug-likeness (QED) is 0.438. The van der Waals surface area contributed by atoms with E-state index in [9.17, 15) is 4.79 Å². The number of carbonyl (C=O) groups is 1. The van der Waals surface area contributed by atoms with Crippen LogP contribution >= 0.6 is 0 Å². The van der Waals surface area contributed by atoms with Crippen LogP contribution in [0.1, 0.15) is 70.6 Å². The van der Waals surface area contributed by atoms with Crippen molar-refractivity contribution in [2.45, 2.75) is 70.6 Å². The number of carbonyl (C=O) groups excluding carboxylic acids is 1. The van der Waals surface area contributed by atoms with Gasteiger partial charge in [-0.1, -0.05) is 38.2 Å². The summed E-state index contributed by atoms with van der Waals surface area (Å²) in [7, 11) is 0. The molecule has 0 saturated carbocycles. The second kappa shape index (κ2) is 11.0. The maximum absolute atomic E-state index is 11.7. The summed E-state index contributed by atoms with van der Waals surface area (Å²) in [4.78, 5) is 17.3. The highest BCUT2D eigenvalue weighted by Crippen LogP contribution is 2.12. The zero-order valence-electron chi connectivity index (χ0n) is 12.2. The van der Waals surface area contributed by atoms with Crippen LogP contribution in [0.4, 0.5) is 0 Å². The third-order valence-electron chi connectivity index (χ3n) is 3.58. The van der Waals surface area contributed by atoms with Gasteiger partial charge in [-0.2, -0.15) is 0 Å². The van der Waals surface area contributed by atoms with Gasteiger partial charge in [0.15, 0.2) is 0 Å². The highest BCUT2D eigenvalue weighted by atomic mass is 16.7. The Morgan fingerprint density at radius 2 is 1.79 bits per heavy atom. The van der Waals surface area contributed by atoms with Crippen LogP contribution in [-0.4, -0.2) is 24.1 Å². The number of amides is 1. The van der Waals surface area contributed by atoms with E-state index in [1.54, 1.807) is 5.06 Å². The van der Waals surface area contributed by atoms with Gasteiger partial charge >= 0.3 is 0 Å². The van der Waals surface area contributed by atoms with Crippen molar-refractivity contribution >= 4 is 5.91 Å². The van der Waals surface area contributed by atoms with E-state index in [-0.39, 0.29) is 5.91 Å². The highest BCUT2D eigenvalue weighted by molar-refractivity contribution is 5.75. The van der Waals surface area contributed by atoms with Crippen LogP contribution in [0.5, 0.6) is 0 Å². The molecule has 110 valence electrons. The Labute approximate surface area is 118 Å². The van der Waals surface area contributed by atoms with E-state index in [4.69, 9.17) is 4.84 Å². The van der Waals surface area contributed by atoms with Crippen molar-refractivity contribution in [2.24, 2.45) is 0 Å². The largest absolute Gasteiger partial charge is 0.273 e. The minimum absolute atomic E-state index is 0.168. The van der Waals surface area contributed by atoms with Gasteiger partial charge in [-0.05, 0) is 32.1 Å². The molecule has 3 heteroatoms. The van der Waals surface area contributed by atoms with Crippen LogP contribution in [0.15, 0.2) is 12.7 Å². The number of nitrogens with zero attached hydrogens (tertiary/aromatic N) is 1. The molecular weight excluding hydrogens is 238 g/mol. The lowest BCUT2D eigenvalue weighted by Crippen LogP contribution is -2.30. The second-order valence-corrected chi connectivity index (χ2v) is 5.34. The number of hydrogen-bond donors (Lipinski definition) is 0. The molecule has 1 amide bonds. The molecule has 1 fully saturated rings. The van der Waals surface area contributed by atoms with Gasteiger partial charge in [0.1, 0.15) is 0 Å². The summed E-state index contributed by atoms with van der Waals surface area (Å²) in [5.74, 6) is 0.168. The van der Waals surface area contributed by atoms with Crippen LogP contribution < -0.4 is 0 Å². The van der Waals surface area contributed by atoms with Crippen LogP contribution in [-0.2, 0) is 9.63 Å². The average molecular weight is 267 g/mol. The standard InChI is InChI=1S/C16H29NO2/c1-2-3-4-5-6-7-8-12-15-19-17-14-11-9-10-13-16(17)18/h2H,1,3-15H2. The first-order valence-electron chi connectivity index (χ1n) is 7.89. The predicted molar refractivity (Wildman–Crippen MR) is 78.6 cm³/mol. The van der Waals surface area contributed by atoms with Gasteiger partial charge in [-0.25, -0.2) is 5.06 Å². The number of unbranched alkanes of at least 4 members (excludes halogenated alkanes) is 6. The van der Waals surface area contributed by atoms with Crippen LogP contribution in [0.2, 0.25) is 0 Å². The topological polar surface area (TPSA) is 29.5 Å². The van der Waals surface area contributed by atoms with Crippen LogP contribution in [0, 0.1) is 0 Å². The van der Waals surface area contributed by atoms with E-state index in [1.165, 1.54) is 32.1 Å². The van der Waals surface area contributed by atoms with Gasteiger partial charge in [0.2, 0.25) is 5.91 Å². The molecule has 0 atom stereocenters. The highest BCUT2D eigenvalue weighted by Gasteiger charge is 2.16. The fourth-order valence-electron chi connectivity index (χ4n) is 2.37. The molecule has 19 heavy (non-hydrogen) atoms. The summed E-state index contributed by atoms with van der Waals surface area (Å²) in [5.41, 5.74) is 0. The fourth-order valence-corrected chi connectivity index (χ4v) is 2.37. The zero-order valence-corrected chi connectivity index (χ0v) is 12.2. The molecule has 0 aromatic heterocycles. The molecule has 3 nitrogen and oxygen atoms in total. The predicted octanol–water partition coefficient (Wildman–Crippen LogP) is 4.24. The van der Waals surface area contributed by atoms with E-state index in [0.717, 1.165) is 38.6 Å². The summed E-state index contributed by atoms with van der Waals surface area (Å²) in [6, 6.07) is 0. The van der Waals surface area contributed by atoms with Crippen molar-refractivity contribution in [1.82, 2.24) is 5.06 Å². The molecule has 0 aromatic rings. The molecule has 1 aliphatic heterocycles. The van der Waals surface area contributed by atoms with Gasteiger partial charge < -0.3 is 0 Å². The molecule has 0 N–H and O–H groups in total. The number of rotatable bonds is 10. The molecule has 0 bridgehead atoms. The fraction of sp³-hybridized carbons (Fsp3) is 0.812. The van der Waals surface area contributed by atoms with Crippen LogP contribution in [0.25, 0.3) is 0 Å². The molecule has 0 aliphatic carbocycles. The van der Waals surface area contributed by atoms with Crippen LogP contribution in [0.3, 0.4) is 0 Å². The van der Waals surface area contributed by atoms with E-state index >= 15 is 0 Å². The molecule has 0 aromatic carbocycles. The lowest BCUT2D eigenvalue weighted by atomic mass is 10.1. The lowest BCUT2D eigenvalue weighted by molar-refractivity contribution is -0.185. The maximum atomic E-state index is 11.7. The lowest BCUT2D eigenvalue weighted by Gasteiger charge is -2.19.